The lowest BCUT2D eigenvalue weighted by Crippen LogP contribution is -2.32. The van der Waals surface area contributed by atoms with Crippen LogP contribution >= 0.6 is 11.8 Å². The van der Waals surface area contributed by atoms with Crippen molar-refractivity contribution >= 4 is 28.6 Å². The predicted molar refractivity (Wildman–Crippen MR) is 115 cm³/mol. The summed E-state index contributed by atoms with van der Waals surface area (Å²) in [6.07, 6.45) is 1.81. The summed E-state index contributed by atoms with van der Waals surface area (Å²) in [6, 6.07) is 15.2. The van der Waals surface area contributed by atoms with Crippen LogP contribution in [0.15, 0.2) is 58.5 Å². The minimum Gasteiger partial charge on any atom is -0.355 e. The van der Waals surface area contributed by atoms with E-state index in [1.165, 1.54) is 17.3 Å². The monoisotopic (exact) mass is 395 g/mol. The molecule has 0 aliphatic rings. The molecule has 2 aromatic carbocycles. The number of nitrogens with one attached hydrogen (secondary N) is 1. The van der Waals surface area contributed by atoms with Gasteiger partial charge in [-0.1, -0.05) is 49.9 Å². The largest absolute Gasteiger partial charge is 0.355 e. The number of thioether (sulfide) groups is 1. The van der Waals surface area contributed by atoms with Gasteiger partial charge >= 0.3 is 0 Å². The Bertz CT molecular complexity index is 1030. The molecule has 1 N–H and O–H groups in total. The maximum Gasteiger partial charge on any atom is 0.266 e. The molecule has 3 aromatic rings. The molecule has 0 radical (unpaired) electrons. The van der Waals surface area contributed by atoms with Crippen molar-refractivity contribution in [2.75, 3.05) is 6.54 Å². The first kappa shape index (κ1) is 20.1. The molecule has 6 heteroatoms. The lowest BCUT2D eigenvalue weighted by molar-refractivity contribution is -0.120. The van der Waals surface area contributed by atoms with Crippen molar-refractivity contribution in [2.45, 2.75) is 44.0 Å². The highest BCUT2D eigenvalue weighted by atomic mass is 32.2. The van der Waals surface area contributed by atoms with E-state index >= 15 is 0 Å². The number of aryl methyl sites for hydroxylation is 1. The molecule has 0 saturated heterocycles. The number of amides is 1. The smallest absolute Gasteiger partial charge is 0.266 e. The molecule has 0 fully saturated rings. The van der Waals surface area contributed by atoms with E-state index in [-0.39, 0.29) is 16.7 Å². The van der Waals surface area contributed by atoms with Crippen LogP contribution in [0, 0.1) is 0 Å². The van der Waals surface area contributed by atoms with Crippen LogP contribution in [0.5, 0.6) is 0 Å². The molecule has 0 aliphatic heterocycles. The van der Waals surface area contributed by atoms with Gasteiger partial charge in [0.15, 0.2) is 5.16 Å². The Morgan fingerprint density at radius 1 is 1.14 bits per heavy atom. The van der Waals surface area contributed by atoms with Gasteiger partial charge in [-0.15, -0.1) is 0 Å². The zero-order valence-corrected chi connectivity index (χ0v) is 17.3. The first-order valence-electron chi connectivity index (χ1n) is 9.60. The highest BCUT2D eigenvalue weighted by Gasteiger charge is 2.20. The second-order valence-corrected chi connectivity index (χ2v) is 7.93. The standard InChI is InChI=1S/C22H25N3O2S/c1-4-14-23-20(26)15(3)28-22-24-19-9-7-6-8-18(19)21(27)25(22)17-12-10-16(5-2)11-13-17/h6-13,15H,4-5,14H2,1-3H3,(H,23,26). The Kier molecular flexibility index (Phi) is 6.52. The number of rotatable bonds is 7. The molecule has 1 amide bonds. The number of fused-ring (bicyclic) bond motifs is 1. The molecule has 5 nitrogen and oxygen atoms in total. The molecule has 1 unspecified atom stereocenters. The Morgan fingerprint density at radius 2 is 1.86 bits per heavy atom. The van der Waals surface area contributed by atoms with E-state index in [1.54, 1.807) is 10.6 Å². The second kappa shape index (κ2) is 9.06. The van der Waals surface area contributed by atoms with Gasteiger partial charge in [-0.25, -0.2) is 4.98 Å². The maximum atomic E-state index is 13.2. The number of carbonyl (C=O) groups excluding carboxylic acids is 1. The number of para-hydroxylation sites is 1. The van der Waals surface area contributed by atoms with Crippen LogP contribution in [0.25, 0.3) is 16.6 Å². The maximum absolute atomic E-state index is 13.2. The summed E-state index contributed by atoms with van der Waals surface area (Å²) in [6.45, 7) is 6.58. The van der Waals surface area contributed by atoms with E-state index in [0.29, 0.717) is 22.6 Å². The Labute approximate surface area is 169 Å². The molecule has 3 rings (SSSR count). The lowest BCUT2D eigenvalue weighted by Gasteiger charge is -2.16. The lowest BCUT2D eigenvalue weighted by atomic mass is 10.1. The summed E-state index contributed by atoms with van der Waals surface area (Å²) in [5.41, 5.74) is 2.47. The van der Waals surface area contributed by atoms with Crippen molar-refractivity contribution in [3.63, 3.8) is 0 Å². The number of carbonyl (C=O) groups is 1. The molecule has 1 heterocycles. The molecule has 0 spiro atoms. The summed E-state index contributed by atoms with van der Waals surface area (Å²) < 4.78 is 1.61. The van der Waals surface area contributed by atoms with Crippen molar-refractivity contribution < 1.29 is 4.79 Å². The fourth-order valence-electron chi connectivity index (χ4n) is 2.90. The predicted octanol–water partition coefficient (Wildman–Crippen LogP) is 3.95. The van der Waals surface area contributed by atoms with Gasteiger partial charge in [0, 0.05) is 6.54 Å². The molecule has 0 aliphatic carbocycles. The van der Waals surface area contributed by atoms with Crippen molar-refractivity contribution in [3.8, 4) is 5.69 Å². The third-order valence-electron chi connectivity index (χ3n) is 4.55. The molecule has 1 atom stereocenters. The quantitative estimate of drug-likeness (QED) is 0.486. The van der Waals surface area contributed by atoms with Crippen LogP contribution in [0.4, 0.5) is 0 Å². The molecule has 28 heavy (non-hydrogen) atoms. The summed E-state index contributed by atoms with van der Waals surface area (Å²) in [5, 5.41) is 3.63. The molecular formula is C22H25N3O2S. The van der Waals surface area contributed by atoms with Gasteiger partial charge in [0.05, 0.1) is 21.8 Å². The van der Waals surface area contributed by atoms with Gasteiger partial charge in [0.2, 0.25) is 5.91 Å². The number of hydrogen-bond acceptors (Lipinski definition) is 4. The molecule has 0 bridgehead atoms. The van der Waals surface area contributed by atoms with Gasteiger partial charge in [-0.3, -0.25) is 14.2 Å². The fourth-order valence-corrected chi connectivity index (χ4v) is 3.85. The highest BCUT2D eigenvalue weighted by molar-refractivity contribution is 8.00. The zero-order chi connectivity index (χ0) is 20.1. The number of aromatic nitrogens is 2. The third kappa shape index (κ3) is 4.28. The SMILES string of the molecule is CCCNC(=O)C(C)Sc1nc2ccccc2c(=O)n1-c1ccc(CC)cc1. The Morgan fingerprint density at radius 3 is 2.54 bits per heavy atom. The van der Waals surface area contributed by atoms with Crippen molar-refractivity contribution in [1.82, 2.24) is 14.9 Å². The molecular weight excluding hydrogens is 370 g/mol. The van der Waals surface area contributed by atoms with E-state index < -0.39 is 0 Å². The van der Waals surface area contributed by atoms with Gasteiger partial charge in [-0.05, 0) is 49.6 Å². The van der Waals surface area contributed by atoms with Crippen LogP contribution in [0.3, 0.4) is 0 Å². The number of hydrogen-bond donors (Lipinski definition) is 1. The summed E-state index contributed by atoms with van der Waals surface area (Å²) in [4.78, 5) is 30.3. The van der Waals surface area contributed by atoms with Crippen LogP contribution in [0.1, 0.15) is 32.8 Å². The van der Waals surface area contributed by atoms with Gasteiger partial charge in [0.1, 0.15) is 0 Å². The van der Waals surface area contributed by atoms with Crippen molar-refractivity contribution in [1.29, 1.82) is 0 Å². The fraction of sp³-hybridized carbons (Fsp3) is 0.318. The minimum absolute atomic E-state index is 0.0536. The topological polar surface area (TPSA) is 64.0 Å². The van der Waals surface area contributed by atoms with Gasteiger partial charge < -0.3 is 5.32 Å². The zero-order valence-electron chi connectivity index (χ0n) is 16.4. The van der Waals surface area contributed by atoms with Crippen LogP contribution < -0.4 is 10.9 Å². The first-order valence-corrected chi connectivity index (χ1v) is 10.5. The van der Waals surface area contributed by atoms with Crippen molar-refractivity contribution in [3.05, 3.63) is 64.4 Å². The highest BCUT2D eigenvalue weighted by Crippen LogP contribution is 2.25. The van der Waals surface area contributed by atoms with E-state index in [1.807, 2.05) is 56.3 Å². The first-order chi connectivity index (χ1) is 13.5. The Balaban J connectivity index is 2.08. The van der Waals surface area contributed by atoms with E-state index in [0.717, 1.165) is 18.5 Å². The number of nitrogens with zero attached hydrogens (tertiary/aromatic N) is 2. The van der Waals surface area contributed by atoms with Crippen LogP contribution in [-0.4, -0.2) is 27.3 Å². The normalized spacial score (nSPS) is 12.1. The summed E-state index contributed by atoms with van der Waals surface area (Å²) >= 11 is 1.30. The molecule has 0 saturated carbocycles. The van der Waals surface area contributed by atoms with Gasteiger partial charge in [-0.2, -0.15) is 0 Å². The molecule has 146 valence electrons. The summed E-state index contributed by atoms with van der Waals surface area (Å²) in [7, 11) is 0. The Hall–Kier alpha value is -2.60. The van der Waals surface area contributed by atoms with Crippen LogP contribution in [0.2, 0.25) is 0 Å². The van der Waals surface area contributed by atoms with E-state index in [4.69, 9.17) is 4.98 Å². The second-order valence-electron chi connectivity index (χ2n) is 6.62. The van der Waals surface area contributed by atoms with E-state index in [2.05, 4.69) is 12.2 Å². The van der Waals surface area contributed by atoms with Crippen molar-refractivity contribution in [2.24, 2.45) is 0 Å². The molecule has 1 aromatic heterocycles. The van der Waals surface area contributed by atoms with E-state index in [9.17, 15) is 9.59 Å². The summed E-state index contributed by atoms with van der Waals surface area (Å²) in [5.74, 6) is -0.0536. The average Bonchev–Trinajstić information content (AvgIpc) is 2.72. The van der Waals surface area contributed by atoms with Gasteiger partial charge in [0.25, 0.3) is 5.56 Å². The third-order valence-corrected chi connectivity index (χ3v) is 5.60. The minimum atomic E-state index is -0.360. The van der Waals surface area contributed by atoms with Crippen LogP contribution in [-0.2, 0) is 11.2 Å². The number of benzene rings is 2. The average molecular weight is 396 g/mol.